The number of nitrogens with one attached hydrogen (secondary N) is 1. The molecule has 3 aromatic heterocycles. The zero-order chi connectivity index (χ0) is 18.9. The molecule has 1 unspecified atom stereocenters. The van der Waals surface area contributed by atoms with Crippen molar-refractivity contribution in [2.45, 2.75) is 19.4 Å². The summed E-state index contributed by atoms with van der Waals surface area (Å²) in [5.41, 5.74) is 0.770. The first-order valence-electron chi connectivity index (χ1n) is 9.62. The van der Waals surface area contributed by atoms with Gasteiger partial charge in [0, 0.05) is 38.4 Å². The van der Waals surface area contributed by atoms with Crippen molar-refractivity contribution in [3.63, 3.8) is 0 Å². The van der Waals surface area contributed by atoms with E-state index in [0.717, 1.165) is 74.9 Å². The summed E-state index contributed by atoms with van der Waals surface area (Å²) in [4.78, 5) is 13.6. The van der Waals surface area contributed by atoms with E-state index in [2.05, 4.69) is 35.4 Å². The van der Waals surface area contributed by atoms with Crippen LogP contribution in [0.15, 0.2) is 24.4 Å². The molecule has 0 saturated carbocycles. The fraction of sp³-hybridized carbons (Fsp3) is 0.500. The summed E-state index contributed by atoms with van der Waals surface area (Å²) in [5, 5.41) is 16.4. The lowest BCUT2D eigenvalue weighted by Gasteiger charge is -2.27. The van der Waals surface area contributed by atoms with E-state index < -0.39 is 0 Å². The smallest absolute Gasteiger partial charge is 0.227 e. The van der Waals surface area contributed by atoms with Crippen molar-refractivity contribution < 1.29 is 4.74 Å². The molecule has 10 heteroatoms. The Morgan fingerprint density at radius 3 is 2.86 bits per heavy atom. The van der Waals surface area contributed by atoms with Crippen LogP contribution in [0.1, 0.15) is 12.2 Å². The zero-order valence-corrected chi connectivity index (χ0v) is 15.8. The Hall–Kier alpha value is -3.01. The van der Waals surface area contributed by atoms with Gasteiger partial charge in [-0.2, -0.15) is 9.50 Å². The second-order valence-electron chi connectivity index (χ2n) is 7.13. The number of hydrogen-bond donors (Lipinski definition) is 1. The molecule has 0 bridgehead atoms. The number of anilines is 3. The molecular weight excluding hydrogens is 358 g/mol. The quantitative estimate of drug-likeness (QED) is 0.702. The average molecular weight is 381 g/mol. The minimum Gasteiger partial charge on any atom is -0.378 e. The van der Waals surface area contributed by atoms with Crippen molar-refractivity contribution in [2.24, 2.45) is 0 Å². The minimum atomic E-state index is 0.312. The summed E-state index contributed by atoms with van der Waals surface area (Å²) in [6.07, 6.45) is 2.84. The fourth-order valence-corrected chi connectivity index (χ4v) is 3.69. The molecule has 5 heterocycles. The highest BCUT2D eigenvalue weighted by atomic mass is 16.5. The average Bonchev–Trinajstić information content (AvgIpc) is 3.35. The Balaban J connectivity index is 1.26. The van der Waals surface area contributed by atoms with Crippen LogP contribution in [0.5, 0.6) is 0 Å². The highest BCUT2D eigenvalue weighted by Crippen LogP contribution is 2.21. The molecule has 2 fully saturated rings. The molecule has 0 spiro atoms. The lowest BCUT2D eigenvalue weighted by molar-refractivity contribution is 0.122. The van der Waals surface area contributed by atoms with E-state index in [1.807, 2.05) is 31.3 Å². The zero-order valence-electron chi connectivity index (χ0n) is 15.8. The first-order valence-corrected chi connectivity index (χ1v) is 9.62. The molecule has 2 saturated heterocycles. The van der Waals surface area contributed by atoms with Crippen LogP contribution in [0.3, 0.4) is 0 Å². The van der Waals surface area contributed by atoms with Crippen LogP contribution in [0, 0.1) is 6.92 Å². The van der Waals surface area contributed by atoms with Crippen LogP contribution >= 0.6 is 0 Å². The molecule has 0 radical (unpaired) electrons. The van der Waals surface area contributed by atoms with E-state index in [-0.39, 0.29) is 0 Å². The summed E-state index contributed by atoms with van der Waals surface area (Å²) in [7, 11) is 0. The fourth-order valence-electron chi connectivity index (χ4n) is 3.69. The Labute approximate surface area is 162 Å². The minimum absolute atomic E-state index is 0.312. The largest absolute Gasteiger partial charge is 0.378 e. The van der Waals surface area contributed by atoms with Gasteiger partial charge in [0.2, 0.25) is 5.95 Å². The molecule has 2 aliphatic heterocycles. The van der Waals surface area contributed by atoms with E-state index in [1.165, 1.54) is 0 Å². The topological polar surface area (TPSA) is 96.6 Å². The molecule has 2 aliphatic rings. The molecule has 146 valence electrons. The number of aromatic nitrogens is 6. The second-order valence-corrected chi connectivity index (χ2v) is 7.13. The Kier molecular flexibility index (Phi) is 4.40. The van der Waals surface area contributed by atoms with Crippen LogP contribution in [0.25, 0.3) is 5.65 Å². The third-order valence-electron chi connectivity index (χ3n) is 5.21. The maximum atomic E-state index is 5.41. The number of hydrogen-bond acceptors (Lipinski definition) is 9. The number of fused-ring (bicyclic) bond motifs is 1. The van der Waals surface area contributed by atoms with Crippen molar-refractivity contribution >= 4 is 23.2 Å². The van der Waals surface area contributed by atoms with Gasteiger partial charge < -0.3 is 19.9 Å². The van der Waals surface area contributed by atoms with E-state index >= 15 is 0 Å². The molecule has 10 nitrogen and oxygen atoms in total. The van der Waals surface area contributed by atoms with E-state index in [9.17, 15) is 0 Å². The monoisotopic (exact) mass is 381 g/mol. The van der Waals surface area contributed by atoms with Crippen LogP contribution in [0.4, 0.5) is 17.6 Å². The summed E-state index contributed by atoms with van der Waals surface area (Å²) in [5.74, 6) is 3.36. The van der Waals surface area contributed by atoms with Crippen LogP contribution in [-0.4, -0.2) is 75.2 Å². The van der Waals surface area contributed by atoms with Gasteiger partial charge in [0.25, 0.3) is 0 Å². The van der Waals surface area contributed by atoms with Gasteiger partial charge in [0.15, 0.2) is 11.5 Å². The van der Waals surface area contributed by atoms with Crippen molar-refractivity contribution in [1.82, 2.24) is 29.8 Å². The molecule has 0 aromatic carbocycles. The van der Waals surface area contributed by atoms with Gasteiger partial charge in [0.1, 0.15) is 11.6 Å². The number of ether oxygens (including phenoxy) is 1. The summed E-state index contributed by atoms with van der Waals surface area (Å²) in [6.45, 7) is 6.83. The maximum Gasteiger partial charge on any atom is 0.227 e. The first-order chi connectivity index (χ1) is 13.8. The highest BCUT2D eigenvalue weighted by molar-refractivity contribution is 5.48. The molecular formula is C18H23N9O. The molecule has 5 rings (SSSR count). The van der Waals surface area contributed by atoms with Gasteiger partial charge in [-0.05, 0) is 31.5 Å². The summed E-state index contributed by atoms with van der Waals surface area (Å²) < 4.78 is 7.19. The van der Waals surface area contributed by atoms with Gasteiger partial charge >= 0.3 is 0 Å². The standard InChI is InChI=1S/C18H23N9O/c1-13-22-23-16-2-3-17(24-27(13)16)26-7-5-14(12-26)20-15-4-6-19-18(21-15)25-8-10-28-11-9-25/h2-4,6,14H,5,7-12H2,1H3,(H,19,20,21). The van der Waals surface area contributed by atoms with Crippen molar-refractivity contribution in [3.05, 3.63) is 30.2 Å². The van der Waals surface area contributed by atoms with E-state index in [1.54, 1.807) is 4.52 Å². The number of rotatable bonds is 4. The predicted molar refractivity (Wildman–Crippen MR) is 105 cm³/mol. The predicted octanol–water partition coefficient (Wildman–Crippen LogP) is 0.750. The number of aryl methyl sites for hydroxylation is 1. The van der Waals surface area contributed by atoms with Crippen molar-refractivity contribution in [3.8, 4) is 0 Å². The van der Waals surface area contributed by atoms with Gasteiger partial charge in [-0.1, -0.05) is 0 Å². The highest BCUT2D eigenvalue weighted by Gasteiger charge is 2.24. The third-order valence-corrected chi connectivity index (χ3v) is 5.21. The number of morpholine rings is 1. The number of nitrogens with zero attached hydrogens (tertiary/aromatic N) is 8. The normalized spacial score (nSPS) is 20.1. The summed E-state index contributed by atoms with van der Waals surface area (Å²) >= 11 is 0. The Bertz CT molecular complexity index is 969. The molecule has 28 heavy (non-hydrogen) atoms. The molecule has 1 N–H and O–H groups in total. The van der Waals surface area contributed by atoms with E-state index in [4.69, 9.17) is 9.72 Å². The molecule has 0 aliphatic carbocycles. The van der Waals surface area contributed by atoms with Crippen molar-refractivity contribution in [1.29, 1.82) is 0 Å². The van der Waals surface area contributed by atoms with E-state index in [0.29, 0.717) is 6.04 Å². The van der Waals surface area contributed by atoms with Gasteiger partial charge in [-0.3, -0.25) is 0 Å². The van der Waals surface area contributed by atoms with Crippen LogP contribution in [0.2, 0.25) is 0 Å². The molecule has 3 aromatic rings. The Morgan fingerprint density at radius 2 is 1.96 bits per heavy atom. The van der Waals surface area contributed by atoms with Crippen LogP contribution in [-0.2, 0) is 4.74 Å². The molecule has 0 amide bonds. The van der Waals surface area contributed by atoms with Gasteiger partial charge in [-0.25, -0.2) is 4.98 Å². The SMILES string of the molecule is Cc1nnc2ccc(N3CCC(Nc4ccnc(N5CCOCC5)n4)C3)nn12. The van der Waals surface area contributed by atoms with Crippen molar-refractivity contribution in [2.75, 3.05) is 54.5 Å². The molecule has 1 atom stereocenters. The third kappa shape index (κ3) is 3.31. The van der Waals surface area contributed by atoms with Gasteiger partial charge in [-0.15, -0.1) is 15.3 Å². The van der Waals surface area contributed by atoms with Gasteiger partial charge in [0.05, 0.1) is 13.2 Å². The lowest BCUT2D eigenvalue weighted by Crippen LogP contribution is -2.37. The van der Waals surface area contributed by atoms with Crippen LogP contribution < -0.4 is 15.1 Å². The maximum absolute atomic E-state index is 5.41. The lowest BCUT2D eigenvalue weighted by atomic mass is 10.2. The second kappa shape index (κ2) is 7.19. The first kappa shape index (κ1) is 17.1. The summed E-state index contributed by atoms with van der Waals surface area (Å²) in [6, 6.07) is 6.21. The Morgan fingerprint density at radius 1 is 1.07 bits per heavy atom.